The molecule has 0 aliphatic carbocycles. The van der Waals surface area contributed by atoms with Gasteiger partial charge in [0.1, 0.15) is 0 Å². The summed E-state index contributed by atoms with van der Waals surface area (Å²) in [6.45, 7) is 6.01. The van der Waals surface area contributed by atoms with Crippen molar-refractivity contribution in [2.45, 2.75) is 20.3 Å². The zero-order valence-electron chi connectivity index (χ0n) is 8.88. The molecule has 0 bridgehead atoms. The van der Waals surface area contributed by atoms with Crippen molar-refractivity contribution in [2.24, 2.45) is 5.92 Å². The van der Waals surface area contributed by atoms with Crippen LogP contribution in [0.25, 0.3) is 0 Å². The molecule has 0 unspecified atom stereocenters. The molecule has 0 aliphatic heterocycles. The van der Waals surface area contributed by atoms with Crippen LogP contribution in [0.5, 0.6) is 0 Å². The quantitative estimate of drug-likeness (QED) is 0.344. The van der Waals surface area contributed by atoms with Crippen LogP contribution >= 0.6 is 12.6 Å². The summed E-state index contributed by atoms with van der Waals surface area (Å²) in [5, 5.41) is 5.70. The number of amides is 1. The fourth-order valence-electron chi connectivity index (χ4n) is 0.780. The van der Waals surface area contributed by atoms with E-state index in [1.54, 1.807) is 0 Å². The van der Waals surface area contributed by atoms with E-state index in [9.17, 15) is 4.79 Å². The van der Waals surface area contributed by atoms with Crippen molar-refractivity contribution < 1.29 is 9.53 Å². The monoisotopic (exact) mass is 220 g/mol. The van der Waals surface area contributed by atoms with Gasteiger partial charge in [-0.1, -0.05) is 13.8 Å². The molecular weight excluding hydrogens is 200 g/mol. The van der Waals surface area contributed by atoms with Gasteiger partial charge in [0.2, 0.25) is 0 Å². The van der Waals surface area contributed by atoms with E-state index in [4.69, 9.17) is 4.74 Å². The predicted octanol–water partition coefficient (Wildman–Crippen LogP) is 1.24. The van der Waals surface area contributed by atoms with Gasteiger partial charge < -0.3 is 15.4 Å². The minimum absolute atomic E-state index is 0.329. The van der Waals surface area contributed by atoms with Gasteiger partial charge in [-0.05, 0) is 18.9 Å². The summed E-state index contributed by atoms with van der Waals surface area (Å²) < 4.78 is 4.92. The van der Waals surface area contributed by atoms with Crippen LogP contribution in [0.4, 0.5) is 4.79 Å². The van der Waals surface area contributed by atoms with Crippen LogP contribution in [-0.4, -0.2) is 31.7 Å². The van der Waals surface area contributed by atoms with Crippen molar-refractivity contribution in [2.75, 3.05) is 25.6 Å². The third-order valence-electron chi connectivity index (χ3n) is 1.50. The average Bonchev–Trinajstić information content (AvgIpc) is 2.14. The molecule has 0 atom stereocenters. The molecule has 0 spiro atoms. The summed E-state index contributed by atoms with van der Waals surface area (Å²) in [6, 6.07) is 0. The van der Waals surface area contributed by atoms with Gasteiger partial charge in [0.05, 0.1) is 6.61 Å². The second-order valence-electron chi connectivity index (χ2n) is 3.42. The minimum Gasteiger partial charge on any atom is -0.450 e. The molecule has 0 heterocycles. The molecule has 0 rings (SSSR count). The van der Waals surface area contributed by atoms with Crippen LogP contribution in [0, 0.1) is 5.92 Å². The summed E-state index contributed by atoms with van der Waals surface area (Å²) in [7, 11) is 0. The molecule has 0 radical (unpaired) electrons. The topological polar surface area (TPSA) is 50.4 Å². The predicted molar refractivity (Wildman–Crippen MR) is 60.7 cm³/mol. The van der Waals surface area contributed by atoms with Gasteiger partial charge in [-0.15, -0.1) is 0 Å². The molecule has 0 aromatic rings. The summed E-state index contributed by atoms with van der Waals surface area (Å²) >= 11 is 3.99. The fraction of sp³-hybridized carbons (Fsp3) is 0.889. The van der Waals surface area contributed by atoms with Gasteiger partial charge in [-0.25, -0.2) is 4.79 Å². The molecule has 4 nitrogen and oxygen atoms in total. The van der Waals surface area contributed by atoms with Gasteiger partial charge in [-0.3, -0.25) is 0 Å². The Morgan fingerprint density at radius 2 is 2.21 bits per heavy atom. The van der Waals surface area contributed by atoms with Crippen molar-refractivity contribution in [3.05, 3.63) is 0 Å². The van der Waals surface area contributed by atoms with Crippen LogP contribution in [0.3, 0.4) is 0 Å². The lowest BCUT2D eigenvalue weighted by Crippen LogP contribution is -2.28. The number of carbonyl (C=O) groups excluding carboxylic acids is 1. The molecule has 0 aromatic carbocycles. The average molecular weight is 220 g/mol. The van der Waals surface area contributed by atoms with Crippen LogP contribution in [0.15, 0.2) is 0 Å². The number of carbonyl (C=O) groups is 1. The first-order valence-electron chi connectivity index (χ1n) is 4.89. The van der Waals surface area contributed by atoms with Crippen molar-refractivity contribution in [3.63, 3.8) is 0 Å². The zero-order valence-corrected chi connectivity index (χ0v) is 9.77. The second kappa shape index (κ2) is 9.15. The molecule has 5 heteroatoms. The number of nitrogens with one attached hydrogen (secondary N) is 2. The van der Waals surface area contributed by atoms with E-state index >= 15 is 0 Å². The van der Waals surface area contributed by atoms with Crippen molar-refractivity contribution in [3.8, 4) is 0 Å². The van der Waals surface area contributed by atoms with Gasteiger partial charge in [0.25, 0.3) is 0 Å². The van der Waals surface area contributed by atoms with Crippen molar-refractivity contribution in [1.29, 1.82) is 0 Å². The van der Waals surface area contributed by atoms with Crippen LogP contribution in [-0.2, 0) is 4.74 Å². The highest BCUT2D eigenvalue weighted by molar-refractivity contribution is 7.80. The Hall–Kier alpha value is -0.420. The molecule has 0 saturated carbocycles. The smallest absolute Gasteiger partial charge is 0.407 e. The van der Waals surface area contributed by atoms with Gasteiger partial charge in [0, 0.05) is 12.4 Å². The molecule has 0 fully saturated rings. The Morgan fingerprint density at radius 1 is 1.50 bits per heavy atom. The normalized spacial score (nSPS) is 10.3. The first-order chi connectivity index (χ1) is 6.66. The fourth-order valence-corrected chi connectivity index (χ4v) is 0.938. The highest BCUT2D eigenvalue weighted by Gasteiger charge is 2.01. The maximum Gasteiger partial charge on any atom is 0.407 e. The standard InChI is InChI=1S/C9H20N2O2S/c1-8(2)6-11-9(12)13-5-3-4-10-7-14/h8,10,14H,3-7H2,1-2H3,(H,11,12). The lowest BCUT2D eigenvalue weighted by Gasteiger charge is -2.08. The van der Waals surface area contributed by atoms with E-state index in [2.05, 4.69) is 23.3 Å². The van der Waals surface area contributed by atoms with E-state index in [1.165, 1.54) is 0 Å². The molecule has 84 valence electrons. The zero-order chi connectivity index (χ0) is 10.8. The first-order valence-corrected chi connectivity index (χ1v) is 5.52. The van der Waals surface area contributed by atoms with Crippen molar-refractivity contribution >= 4 is 18.7 Å². The maximum atomic E-state index is 11.0. The van der Waals surface area contributed by atoms with Gasteiger partial charge in [-0.2, -0.15) is 12.6 Å². The Kier molecular flexibility index (Phi) is 8.87. The minimum atomic E-state index is -0.329. The number of hydrogen-bond acceptors (Lipinski definition) is 4. The van der Waals surface area contributed by atoms with Crippen LogP contribution in [0.2, 0.25) is 0 Å². The third-order valence-corrected chi connectivity index (χ3v) is 1.72. The molecule has 0 saturated heterocycles. The van der Waals surface area contributed by atoms with Crippen molar-refractivity contribution in [1.82, 2.24) is 10.6 Å². The van der Waals surface area contributed by atoms with E-state index in [-0.39, 0.29) is 6.09 Å². The largest absolute Gasteiger partial charge is 0.450 e. The number of ether oxygens (including phenoxy) is 1. The van der Waals surface area contributed by atoms with E-state index < -0.39 is 0 Å². The molecule has 0 aliphatic rings. The number of thiol groups is 1. The van der Waals surface area contributed by atoms with E-state index in [0.717, 1.165) is 13.0 Å². The van der Waals surface area contributed by atoms with Gasteiger partial charge >= 0.3 is 6.09 Å². The molecule has 0 aromatic heterocycles. The lowest BCUT2D eigenvalue weighted by atomic mass is 10.2. The van der Waals surface area contributed by atoms with Crippen LogP contribution < -0.4 is 10.6 Å². The third kappa shape index (κ3) is 9.67. The van der Waals surface area contributed by atoms with Gasteiger partial charge in [0.15, 0.2) is 0 Å². The van der Waals surface area contributed by atoms with E-state index in [0.29, 0.717) is 24.9 Å². The number of rotatable bonds is 7. The summed E-state index contributed by atoms with van der Waals surface area (Å²) in [6.07, 6.45) is 0.486. The highest BCUT2D eigenvalue weighted by atomic mass is 32.1. The Morgan fingerprint density at radius 3 is 2.79 bits per heavy atom. The summed E-state index contributed by atoms with van der Waals surface area (Å²) in [5.74, 6) is 1.10. The molecule has 2 N–H and O–H groups in total. The summed E-state index contributed by atoms with van der Waals surface area (Å²) in [4.78, 5) is 11.0. The first kappa shape index (κ1) is 13.6. The molecule has 14 heavy (non-hydrogen) atoms. The molecule has 1 amide bonds. The lowest BCUT2D eigenvalue weighted by molar-refractivity contribution is 0.143. The second-order valence-corrected chi connectivity index (χ2v) is 3.74. The Balaban J connectivity index is 3.18. The SMILES string of the molecule is CC(C)CNC(=O)OCCCNCS. The van der Waals surface area contributed by atoms with Crippen LogP contribution in [0.1, 0.15) is 20.3 Å². The highest BCUT2D eigenvalue weighted by Crippen LogP contribution is 1.89. The number of hydrogen-bond donors (Lipinski definition) is 3. The molecular formula is C9H20N2O2S. The maximum absolute atomic E-state index is 11.0. The number of alkyl carbamates (subject to hydrolysis) is 1. The Bertz CT molecular complexity index is 154. The Labute approximate surface area is 91.2 Å². The summed E-state index contributed by atoms with van der Waals surface area (Å²) in [5.41, 5.74) is 0. The van der Waals surface area contributed by atoms with E-state index in [1.807, 2.05) is 13.8 Å².